The lowest BCUT2D eigenvalue weighted by Crippen LogP contribution is -1.84. The number of aromatic nitrogens is 5. The van der Waals surface area contributed by atoms with Crippen molar-refractivity contribution >= 4 is 23.1 Å². The molecule has 4 aromatic rings. The molecule has 0 aliphatic carbocycles. The Balaban J connectivity index is 1.41. The van der Waals surface area contributed by atoms with Gasteiger partial charge in [0, 0.05) is 5.56 Å². The lowest BCUT2D eigenvalue weighted by Gasteiger charge is -1.99. The van der Waals surface area contributed by atoms with Crippen LogP contribution >= 0.6 is 23.1 Å². The van der Waals surface area contributed by atoms with Crippen LogP contribution in [0.5, 0.6) is 5.75 Å². The Bertz CT molecular complexity index is 947. The first-order valence-corrected chi connectivity index (χ1v) is 9.24. The van der Waals surface area contributed by atoms with Crippen LogP contribution in [0.3, 0.4) is 0 Å². The van der Waals surface area contributed by atoms with Crippen LogP contribution in [0.2, 0.25) is 0 Å². The van der Waals surface area contributed by atoms with Crippen LogP contribution < -0.4 is 4.74 Å². The average Bonchev–Trinajstić information content (AvgIpc) is 3.41. The maximum absolute atomic E-state index is 5.27. The van der Waals surface area contributed by atoms with Gasteiger partial charge in [0.2, 0.25) is 16.9 Å². The van der Waals surface area contributed by atoms with Crippen molar-refractivity contribution in [2.24, 2.45) is 0 Å². The van der Waals surface area contributed by atoms with Gasteiger partial charge in [-0.2, -0.15) is 4.98 Å². The molecule has 0 bridgehead atoms. The fraction of sp³-hybridized carbons (Fsp3) is 0.125. The van der Waals surface area contributed by atoms with Crippen molar-refractivity contribution < 1.29 is 9.26 Å². The molecule has 0 fully saturated rings. The van der Waals surface area contributed by atoms with Gasteiger partial charge in [0.15, 0.2) is 5.82 Å². The highest BCUT2D eigenvalue weighted by Gasteiger charge is 2.12. The van der Waals surface area contributed by atoms with E-state index >= 15 is 0 Å². The van der Waals surface area contributed by atoms with Crippen LogP contribution in [0.15, 0.2) is 51.5 Å². The Morgan fingerprint density at radius 3 is 2.84 bits per heavy atom. The van der Waals surface area contributed by atoms with E-state index in [0.717, 1.165) is 16.2 Å². The van der Waals surface area contributed by atoms with E-state index in [2.05, 4.69) is 25.3 Å². The number of ether oxygens (including phenoxy) is 1. The van der Waals surface area contributed by atoms with Crippen molar-refractivity contribution in [3.63, 3.8) is 0 Å². The molecular formula is C16H13N5O2S2. The van der Waals surface area contributed by atoms with Gasteiger partial charge in [-0.25, -0.2) is 4.98 Å². The summed E-state index contributed by atoms with van der Waals surface area (Å²) >= 11 is 3.01. The summed E-state index contributed by atoms with van der Waals surface area (Å²) in [5.74, 6) is 3.17. The first kappa shape index (κ1) is 15.9. The molecule has 9 heteroatoms. The number of hydrogen-bond donors (Lipinski definition) is 1. The third kappa shape index (κ3) is 3.57. The Labute approximate surface area is 151 Å². The highest BCUT2D eigenvalue weighted by molar-refractivity contribution is 7.98. The van der Waals surface area contributed by atoms with Gasteiger partial charge in [-0.1, -0.05) is 23.0 Å². The van der Waals surface area contributed by atoms with Gasteiger partial charge in [-0.05, 0) is 35.7 Å². The summed E-state index contributed by atoms with van der Waals surface area (Å²) in [4.78, 5) is 9.85. The fourth-order valence-electron chi connectivity index (χ4n) is 2.13. The van der Waals surface area contributed by atoms with Crippen LogP contribution in [-0.4, -0.2) is 32.4 Å². The first-order chi connectivity index (χ1) is 12.3. The minimum atomic E-state index is 0.512. The minimum Gasteiger partial charge on any atom is -0.497 e. The molecular weight excluding hydrogens is 358 g/mol. The number of benzene rings is 1. The number of hydrogen-bond acceptors (Lipinski definition) is 8. The Morgan fingerprint density at radius 2 is 2.08 bits per heavy atom. The summed E-state index contributed by atoms with van der Waals surface area (Å²) in [6.07, 6.45) is 0. The number of H-pyrrole nitrogens is 1. The molecule has 0 saturated carbocycles. The van der Waals surface area contributed by atoms with Crippen molar-refractivity contribution in [3.8, 4) is 27.8 Å². The molecule has 0 saturated heterocycles. The van der Waals surface area contributed by atoms with Crippen molar-refractivity contribution in [3.05, 3.63) is 47.7 Å². The minimum absolute atomic E-state index is 0.512. The second-order valence-electron chi connectivity index (χ2n) is 4.97. The number of methoxy groups -OCH3 is 1. The zero-order valence-corrected chi connectivity index (χ0v) is 14.8. The van der Waals surface area contributed by atoms with E-state index in [0.29, 0.717) is 28.4 Å². The third-order valence-electron chi connectivity index (χ3n) is 3.36. The summed E-state index contributed by atoms with van der Waals surface area (Å²) in [6, 6.07) is 11.5. The zero-order chi connectivity index (χ0) is 17.1. The maximum atomic E-state index is 5.27. The summed E-state index contributed by atoms with van der Waals surface area (Å²) in [7, 11) is 1.64. The predicted octanol–water partition coefficient (Wildman–Crippen LogP) is 3.88. The molecule has 0 unspecified atom stereocenters. The second-order valence-corrected chi connectivity index (χ2v) is 6.86. The molecule has 1 N–H and O–H groups in total. The van der Waals surface area contributed by atoms with Crippen molar-refractivity contribution in [1.82, 2.24) is 25.3 Å². The van der Waals surface area contributed by atoms with E-state index in [1.165, 1.54) is 11.8 Å². The normalized spacial score (nSPS) is 10.9. The first-order valence-electron chi connectivity index (χ1n) is 7.38. The summed E-state index contributed by atoms with van der Waals surface area (Å²) < 4.78 is 10.4. The van der Waals surface area contributed by atoms with Gasteiger partial charge in [0.05, 0.1) is 17.7 Å². The molecule has 0 spiro atoms. The van der Waals surface area contributed by atoms with Gasteiger partial charge in [-0.15, -0.1) is 16.4 Å². The number of nitrogens with one attached hydrogen (secondary N) is 1. The smallest absolute Gasteiger partial charge is 0.237 e. The van der Waals surface area contributed by atoms with E-state index < -0.39 is 0 Å². The SMILES string of the molecule is COc1ccc(-c2nc(SCc3nc(-c4cccs4)no3)n[nH]2)cc1. The number of aromatic amines is 1. The molecule has 25 heavy (non-hydrogen) atoms. The van der Waals surface area contributed by atoms with Crippen LogP contribution in [0.25, 0.3) is 22.1 Å². The molecule has 3 aromatic heterocycles. The molecule has 126 valence electrons. The quantitative estimate of drug-likeness (QED) is 0.514. The van der Waals surface area contributed by atoms with Crippen LogP contribution in [0.1, 0.15) is 5.89 Å². The molecule has 0 aliphatic rings. The van der Waals surface area contributed by atoms with Gasteiger partial charge in [0.25, 0.3) is 0 Å². The molecule has 0 amide bonds. The van der Waals surface area contributed by atoms with Crippen molar-refractivity contribution in [2.45, 2.75) is 10.9 Å². The van der Waals surface area contributed by atoms with E-state index in [-0.39, 0.29) is 0 Å². The maximum Gasteiger partial charge on any atom is 0.237 e. The zero-order valence-electron chi connectivity index (χ0n) is 13.2. The number of nitrogens with zero attached hydrogens (tertiary/aromatic N) is 4. The van der Waals surface area contributed by atoms with Gasteiger partial charge < -0.3 is 9.26 Å². The van der Waals surface area contributed by atoms with Crippen molar-refractivity contribution in [1.29, 1.82) is 0 Å². The van der Waals surface area contributed by atoms with Crippen LogP contribution in [0, 0.1) is 0 Å². The highest BCUT2D eigenvalue weighted by Crippen LogP contribution is 2.25. The molecule has 0 atom stereocenters. The lowest BCUT2D eigenvalue weighted by molar-refractivity contribution is 0.391. The van der Waals surface area contributed by atoms with Crippen LogP contribution in [-0.2, 0) is 5.75 Å². The fourth-order valence-corrected chi connectivity index (χ4v) is 3.42. The van der Waals surface area contributed by atoms with Crippen LogP contribution in [0.4, 0.5) is 0 Å². The molecule has 7 nitrogen and oxygen atoms in total. The van der Waals surface area contributed by atoms with Crippen molar-refractivity contribution in [2.75, 3.05) is 7.11 Å². The molecule has 3 heterocycles. The van der Waals surface area contributed by atoms with Gasteiger partial charge in [0.1, 0.15) is 5.75 Å². The van der Waals surface area contributed by atoms with E-state index in [1.807, 2.05) is 41.8 Å². The second kappa shape index (κ2) is 7.08. The summed E-state index contributed by atoms with van der Waals surface area (Å²) in [6.45, 7) is 0. The lowest BCUT2D eigenvalue weighted by atomic mass is 10.2. The van der Waals surface area contributed by atoms with Gasteiger partial charge in [-0.3, -0.25) is 5.10 Å². The van der Waals surface area contributed by atoms with E-state index in [4.69, 9.17) is 9.26 Å². The monoisotopic (exact) mass is 371 g/mol. The predicted molar refractivity (Wildman–Crippen MR) is 95.5 cm³/mol. The Morgan fingerprint density at radius 1 is 1.20 bits per heavy atom. The number of thiophene rings is 1. The van der Waals surface area contributed by atoms with E-state index in [1.54, 1.807) is 18.4 Å². The average molecular weight is 371 g/mol. The summed E-state index contributed by atoms with van der Waals surface area (Å²) in [5.41, 5.74) is 0.943. The molecule has 0 aliphatic heterocycles. The number of thioether (sulfide) groups is 1. The molecule has 0 radical (unpaired) electrons. The Hall–Kier alpha value is -2.65. The topological polar surface area (TPSA) is 89.7 Å². The standard InChI is InChI=1S/C16H13N5O2S2/c1-22-11-6-4-10(5-7-11)14-18-16(20-19-14)25-9-13-17-15(21-23-13)12-3-2-8-24-12/h2-8H,9H2,1H3,(H,18,19,20). The molecule has 4 rings (SSSR count). The van der Waals surface area contributed by atoms with Gasteiger partial charge >= 0.3 is 0 Å². The summed E-state index contributed by atoms with van der Waals surface area (Å²) in [5, 5.41) is 13.7. The van der Waals surface area contributed by atoms with E-state index in [9.17, 15) is 0 Å². The highest BCUT2D eigenvalue weighted by atomic mass is 32.2. The molecule has 1 aromatic carbocycles. The number of rotatable bonds is 6. The largest absolute Gasteiger partial charge is 0.497 e. The third-order valence-corrected chi connectivity index (χ3v) is 5.06. The Kier molecular flexibility index (Phi) is 4.49.